The van der Waals surface area contributed by atoms with Gasteiger partial charge < -0.3 is 5.32 Å². The second-order valence-corrected chi connectivity index (χ2v) is 6.80. The second-order valence-electron chi connectivity index (χ2n) is 4.44. The van der Waals surface area contributed by atoms with E-state index >= 15 is 0 Å². The summed E-state index contributed by atoms with van der Waals surface area (Å²) in [5.74, 6) is -1.03. The average Bonchev–Trinajstić information content (AvgIpc) is 2.79. The van der Waals surface area contributed by atoms with Gasteiger partial charge in [-0.25, -0.2) is 8.78 Å². The minimum absolute atomic E-state index is 0.102. The van der Waals surface area contributed by atoms with E-state index in [-0.39, 0.29) is 10.2 Å². The summed E-state index contributed by atoms with van der Waals surface area (Å²) >= 11 is 10.8. The Kier molecular flexibility index (Phi) is 4.15. The SMILES string of the molecule is Fc1cc(NCc2sc3ccccc3c2Cl)c(F)cc1Br. The molecule has 6 heteroatoms. The highest BCUT2D eigenvalue weighted by atomic mass is 79.9. The topological polar surface area (TPSA) is 12.0 Å². The van der Waals surface area contributed by atoms with Crippen molar-refractivity contribution in [2.45, 2.75) is 6.54 Å². The van der Waals surface area contributed by atoms with Gasteiger partial charge in [0, 0.05) is 21.0 Å². The van der Waals surface area contributed by atoms with E-state index in [0.29, 0.717) is 11.6 Å². The highest BCUT2D eigenvalue weighted by Crippen LogP contribution is 2.35. The zero-order chi connectivity index (χ0) is 15.0. The van der Waals surface area contributed by atoms with Crippen LogP contribution in [0.25, 0.3) is 10.1 Å². The maximum Gasteiger partial charge on any atom is 0.147 e. The monoisotopic (exact) mass is 387 g/mol. The molecule has 3 rings (SSSR count). The number of rotatable bonds is 3. The summed E-state index contributed by atoms with van der Waals surface area (Å²) in [7, 11) is 0. The van der Waals surface area contributed by atoms with Crippen LogP contribution in [0.15, 0.2) is 40.9 Å². The molecule has 0 aliphatic heterocycles. The number of hydrogen-bond donors (Lipinski definition) is 1. The van der Waals surface area contributed by atoms with Crippen molar-refractivity contribution in [3.05, 3.63) is 62.4 Å². The predicted octanol–water partition coefficient (Wildman–Crippen LogP) is 6.21. The fraction of sp³-hybridized carbons (Fsp3) is 0.0667. The van der Waals surface area contributed by atoms with Crippen LogP contribution in [-0.2, 0) is 6.54 Å². The van der Waals surface area contributed by atoms with E-state index < -0.39 is 11.6 Å². The van der Waals surface area contributed by atoms with Crippen LogP contribution in [0, 0.1) is 11.6 Å². The summed E-state index contributed by atoms with van der Waals surface area (Å²) < 4.78 is 28.4. The van der Waals surface area contributed by atoms with Gasteiger partial charge in [-0.1, -0.05) is 29.8 Å². The molecular formula is C15H9BrClF2NS. The van der Waals surface area contributed by atoms with Crippen LogP contribution in [0.3, 0.4) is 0 Å². The van der Waals surface area contributed by atoms with E-state index in [1.54, 1.807) is 0 Å². The fourth-order valence-corrected chi connectivity index (χ4v) is 3.77. The predicted molar refractivity (Wildman–Crippen MR) is 88.2 cm³/mol. The maximum atomic E-state index is 13.7. The summed E-state index contributed by atoms with van der Waals surface area (Å²) in [5.41, 5.74) is 0.115. The van der Waals surface area contributed by atoms with Crippen LogP contribution in [-0.4, -0.2) is 0 Å². The van der Waals surface area contributed by atoms with Gasteiger partial charge in [-0.3, -0.25) is 0 Å². The van der Waals surface area contributed by atoms with Gasteiger partial charge in [-0.2, -0.15) is 0 Å². The largest absolute Gasteiger partial charge is 0.378 e. The molecule has 0 saturated carbocycles. The molecule has 0 atom stereocenters. The molecule has 21 heavy (non-hydrogen) atoms. The van der Waals surface area contributed by atoms with Gasteiger partial charge in [0.05, 0.1) is 21.7 Å². The molecule has 1 nitrogen and oxygen atoms in total. The molecule has 0 aliphatic carbocycles. The van der Waals surface area contributed by atoms with Crippen molar-refractivity contribution >= 4 is 54.6 Å². The maximum absolute atomic E-state index is 13.7. The second kappa shape index (κ2) is 5.91. The molecule has 2 aromatic carbocycles. The van der Waals surface area contributed by atoms with Crippen molar-refractivity contribution in [2.75, 3.05) is 5.32 Å². The lowest BCUT2D eigenvalue weighted by Gasteiger charge is -2.07. The number of thiophene rings is 1. The van der Waals surface area contributed by atoms with Crippen LogP contribution in [0.4, 0.5) is 14.5 Å². The van der Waals surface area contributed by atoms with Crippen LogP contribution >= 0.6 is 38.9 Å². The van der Waals surface area contributed by atoms with Crippen LogP contribution in [0.5, 0.6) is 0 Å². The Morgan fingerprint density at radius 1 is 1.14 bits per heavy atom. The molecule has 0 unspecified atom stereocenters. The molecule has 0 fully saturated rings. The van der Waals surface area contributed by atoms with Crippen LogP contribution in [0.1, 0.15) is 4.88 Å². The van der Waals surface area contributed by atoms with E-state index in [4.69, 9.17) is 11.6 Å². The first-order valence-electron chi connectivity index (χ1n) is 6.10. The van der Waals surface area contributed by atoms with Crippen molar-refractivity contribution < 1.29 is 8.78 Å². The van der Waals surface area contributed by atoms with Crippen molar-refractivity contribution in [3.8, 4) is 0 Å². The standard InChI is InChI=1S/C15H9BrClF2NS/c16-9-5-11(19)12(6-10(9)18)20-7-14-15(17)8-3-1-2-4-13(8)21-14/h1-6,20H,7H2. The molecule has 108 valence electrons. The molecule has 1 aromatic heterocycles. The first kappa shape index (κ1) is 14.8. The lowest BCUT2D eigenvalue weighted by molar-refractivity contribution is 0.596. The zero-order valence-electron chi connectivity index (χ0n) is 10.6. The molecule has 0 bridgehead atoms. The Balaban J connectivity index is 1.87. The molecule has 1 N–H and O–H groups in total. The minimum atomic E-state index is -0.513. The number of nitrogens with one attached hydrogen (secondary N) is 1. The Bertz CT molecular complexity index is 819. The molecule has 0 radical (unpaired) electrons. The summed E-state index contributed by atoms with van der Waals surface area (Å²) in [6.07, 6.45) is 0. The number of halogens is 4. The van der Waals surface area contributed by atoms with Crippen LogP contribution in [0.2, 0.25) is 5.02 Å². The summed E-state index contributed by atoms with van der Waals surface area (Å²) in [6, 6.07) is 10.0. The van der Waals surface area contributed by atoms with Gasteiger partial charge in [-0.05, 0) is 28.1 Å². The first-order chi connectivity index (χ1) is 10.1. The fourth-order valence-electron chi connectivity index (χ4n) is 2.01. The van der Waals surface area contributed by atoms with Gasteiger partial charge in [0.15, 0.2) is 0 Å². The normalized spacial score (nSPS) is 11.0. The number of anilines is 1. The minimum Gasteiger partial charge on any atom is -0.378 e. The molecule has 0 spiro atoms. The van der Waals surface area contributed by atoms with E-state index in [1.165, 1.54) is 11.3 Å². The lowest BCUT2D eigenvalue weighted by atomic mass is 10.2. The summed E-state index contributed by atoms with van der Waals surface area (Å²) in [4.78, 5) is 0.889. The highest BCUT2D eigenvalue weighted by molar-refractivity contribution is 9.10. The quantitative estimate of drug-likeness (QED) is 0.526. The molecule has 0 saturated heterocycles. The third kappa shape index (κ3) is 2.91. The lowest BCUT2D eigenvalue weighted by Crippen LogP contribution is -2.01. The molecule has 0 amide bonds. The number of hydrogen-bond acceptors (Lipinski definition) is 2. The van der Waals surface area contributed by atoms with Gasteiger partial charge in [0.25, 0.3) is 0 Å². The van der Waals surface area contributed by atoms with Crippen molar-refractivity contribution in [2.24, 2.45) is 0 Å². The Labute approximate surface area is 137 Å². The molecular weight excluding hydrogens is 380 g/mol. The third-order valence-corrected chi connectivity index (χ3v) is 5.37. The van der Waals surface area contributed by atoms with Gasteiger partial charge in [0.1, 0.15) is 11.6 Å². The summed E-state index contributed by atoms with van der Waals surface area (Å²) in [5, 5.41) is 4.52. The Hall–Kier alpha value is -1.17. The number of benzene rings is 2. The van der Waals surface area contributed by atoms with Crippen molar-refractivity contribution in [1.29, 1.82) is 0 Å². The Morgan fingerprint density at radius 3 is 2.67 bits per heavy atom. The Morgan fingerprint density at radius 2 is 1.90 bits per heavy atom. The highest BCUT2D eigenvalue weighted by Gasteiger charge is 2.12. The average molecular weight is 389 g/mol. The van der Waals surface area contributed by atoms with Gasteiger partial charge in [0.2, 0.25) is 0 Å². The smallest absolute Gasteiger partial charge is 0.147 e. The van der Waals surface area contributed by atoms with E-state index in [0.717, 1.165) is 27.1 Å². The number of fused-ring (bicyclic) bond motifs is 1. The summed E-state index contributed by atoms with van der Waals surface area (Å²) in [6.45, 7) is 0.343. The van der Waals surface area contributed by atoms with E-state index in [9.17, 15) is 8.78 Å². The molecule has 0 aliphatic rings. The first-order valence-corrected chi connectivity index (χ1v) is 8.09. The third-order valence-electron chi connectivity index (χ3n) is 3.05. The van der Waals surface area contributed by atoms with E-state index in [2.05, 4.69) is 21.2 Å². The van der Waals surface area contributed by atoms with Crippen molar-refractivity contribution in [1.82, 2.24) is 0 Å². The van der Waals surface area contributed by atoms with Gasteiger partial charge >= 0.3 is 0 Å². The van der Waals surface area contributed by atoms with Crippen molar-refractivity contribution in [3.63, 3.8) is 0 Å². The van der Waals surface area contributed by atoms with Gasteiger partial charge in [-0.15, -0.1) is 11.3 Å². The molecule has 1 heterocycles. The van der Waals surface area contributed by atoms with E-state index in [1.807, 2.05) is 24.3 Å². The zero-order valence-corrected chi connectivity index (χ0v) is 13.7. The molecule has 3 aromatic rings. The van der Waals surface area contributed by atoms with Crippen LogP contribution < -0.4 is 5.32 Å².